The molecule has 1 aromatic rings. The van der Waals surface area contributed by atoms with E-state index in [4.69, 9.17) is 4.74 Å². The molecule has 1 fully saturated rings. The molecule has 1 saturated heterocycles. The third-order valence-electron chi connectivity index (χ3n) is 3.30. The van der Waals surface area contributed by atoms with Crippen molar-refractivity contribution in [2.45, 2.75) is 37.2 Å². The van der Waals surface area contributed by atoms with Crippen molar-refractivity contribution >= 4 is 10.0 Å². The molecule has 112 valence electrons. The number of aromatic amines is 1. The lowest BCUT2D eigenvalue weighted by Crippen LogP contribution is -2.44. The Balaban J connectivity index is 2.17. The molecular formula is C13H20N2O4S. The Morgan fingerprint density at radius 2 is 2.30 bits per heavy atom. The lowest BCUT2D eigenvalue weighted by Gasteiger charge is -2.31. The number of pyridine rings is 1. The predicted molar refractivity (Wildman–Crippen MR) is 75.1 cm³/mol. The molecule has 0 aromatic carbocycles. The van der Waals surface area contributed by atoms with Gasteiger partial charge in [-0.3, -0.25) is 4.79 Å². The molecule has 20 heavy (non-hydrogen) atoms. The first-order chi connectivity index (χ1) is 9.55. The SMILES string of the molecule is CCCOC1CCCN(S(=O)(=O)c2c[nH]ccc2=O)C1. The average molecular weight is 300 g/mol. The summed E-state index contributed by atoms with van der Waals surface area (Å²) in [6.45, 7) is 3.39. The third-order valence-corrected chi connectivity index (χ3v) is 5.19. The van der Waals surface area contributed by atoms with Crippen molar-refractivity contribution in [3.05, 3.63) is 28.7 Å². The highest BCUT2D eigenvalue weighted by atomic mass is 32.2. The number of piperidine rings is 1. The smallest absolute Gasteiger partial charge is 0.248 e. The van der Waals surface area contributed by atoms with Gasteiger partial charge in [-0.15, -0.1) is 0 Å². The Labute approximate surface area is 118 Å². The van der Waals surface area contributed by atoms with Crippen molar-refractivity contribution < 1.29 is 13.2 Å². The topological polar surface area (TPSA) is 79.5 Å². The first-order valence-electron chi connectivity index (χ1n) is 6.84. The second-order valence-electron chi connectivity index (χ2n) is 4.87. The van der Waals surface area contributed by atoms with E-state index in [9.17, 15) is 13.2 Å². The molecule has 2 heterocycles. The Morgan fingerprint density at radius 1 is 1.50 bits per heavy atom. The second kappa shape index (κ2) is 6.51. The van der Waals surface area contributed by atoms with Crippen LogP contribution in [0.4, 0.5) is 0 Å². The van der Waals surface area contributed by atoms with Gasteiger partial charge in [0.1, 0.15) is 4.90 Å². The van der Waals surface area contributed by atoms with Crippen molar-refractivity contribution in [3.8, 4) is 0 Å². The van der Waals surface area contributed by atoms with Gasteiger partial charge in [-0.1, -0.05) is 6.92 Å². The first kappa shape index (κ1) is 15.2. The van der Waals surface area contributed by atoms with Crippen LogP contribution in [0.1, 0.15) is 26.2 Å². The van der Waals surface area contributed by atoms with Gasteiger partial charge in [-0.05, 0) is 19.3 Å². The molecular weight excluding hydrogens is 280 g/mol. The van der Waals surface area contributed by atoms with Crippen LogP contribution in [-0.2, 0) is 14.8 Å². The van der Waals surface area contributed by atoms with E-state index >= 15 is 0 Å². The van der Waals surface area contributed by atoms with Gasteiger partial charge in [0, 0.05) is 38.2 Å². The number of rotatable bonds is 5. The summed E-state index contributed by atoms with van der Waals surface area (Å²) in [7, 11) is -3.74. The summed E-state index contributed by atoms with van der Waals surface area (Å²) in [5, 5.41) is 0. The molecule has 2 rings (SSSR count). The Kier molecular flexibility index (Phi) is 4.95. The van der Waals surface area contributed by atoms with Gasteiger partial charge in [0.05, 0.1) is 6.10 Å². The zero-order valence-electron chi connectivity index (χ0n) is 11.5. The standard InChI is InChI=1S/C13H20N2O4S/c1-2-8-19-11-4-3-7-15(10-11)20(17,18)13-9-14-6-5-12(13)16/h5-6,9,11H,2-4,7-8,10H2,1H3,(H,14,16). The summed E-state index contributed by atoms with van der Waals surface area (Å²) in [5.41, 5.74) is -0.486. The summed E-state index contributed by atoms with van der Waals surface area (Å²) in [5.74, 6) is 0. The summed E-state index contributed by atoms with van der Waals surface area (Å²) in [6.07, 6.45) is 5.09. The summed E-state index contributed by atoms with van der Waals surface area (Å²) < 4.78 is 31.9. The molecule has 1 aliphatic heterocycles. The molecule has 0 spiro atoms. The van der Waals surface area contributed by atoms with Gasteiger partial charge in [0.15, 0.2) is 0 Å². The quantitative estimate of drug-likeness (QED) is 0.878. The van der Waals surface area contributed by atoms with Crippen molar-refractivity contribution in [1.29, 1.82) is 0 Å². The Bertz CT molecular complexity index is 596. The van der Waals surface area contributed by atoms with E-state index in [-0.39, 0.29) is 11.0 Å². The molecule has 7 heteroatoms. The Hall–Kier alpha value is -1.18. The van der Waals surface area contributed by atoms with E-state index in [1.165, 1.54) is 22.8 Å². The van der Waals surface area contributed by atoms with Crippen LogP contribution in [0, 0.1) is 0 Å². The number of hydrogen-bond acceptors (Lipinski definition) is 4. The normalized spacial score (nSPS) is 20.9. The van der Waals surface area contributed by atoms with Crippen LogP contribution < -0.4 is 5.43 Å². The molecule has 0 saturated carbocycles. The monoisotopic (exact) mass is 300 g/mol. The fourth-order valence-corrected chi connectivity index (χ4v) is 3.83. The number of aromatic nitrogens is 1. The molecule has 1 unspecified atom stereocenters. The van der Waals surface area contributed by atoms with Crippen LogP contribution in [0.15, 0.2) is 28.2 Å². The van der Waals surface area contributed by atoms with Crippen LogP contribution in [0.25, 0.3) is 0 Å². The van der Waals surface area contributed by atoms with E-state index < -0.39 is 15.5 Å². The molecule has 0 amide bonds. The lowest BCUT2D eigenvalue weighted by molar-refractivity contribution is 0.0193. The molecule has 1 aliphatic rings. The number of nitrogens with zero attached hydrogens (tertiary/aromatic N) is 1. The third kappa shape index (κ3) is 3.28. The number of hydrogen-bond donors (Lipinski definition) is 1. The van der Waals surface area contributed by atoms with Crippen LogP contribution in [0.2, 0.25) is 0 Å². The minimum Gasteiger partial charge on any atom is -0.377 e. The zero-order valence-corrected chi connectivity index (χ0v) is 12.4. The van der Waals surface area contributed by atoms with E-state index in [0.29, 0.717) is 19.7 Å². The fraction of sp³-hybridized carbons (Fsp3) is 0.615. The van der Waals surface area contributed by atoms with E-state index in [0.717, 1.165) is 19.3 Å². The average Bonchev–Trinajstić information content (AvgIpc) is 2.45. The molecule has 6 nitrogen and oxygen atoms in total. The highest BCUT2D eigenvalue weighted by Crippen LogP contribution is 2.20. The number of nitrogens with one attached hydrogen (secondary N) is 1. The Morgan fingerprint density at radius 3 is 3.00 bits per heavy atom. The number of ether oxygens (including phenoxy) is 1. The van der Waals surface area contributed by atoms with E-state index in [1.807, 2.05) is 6.92 Å². The summed E-state index contributed by atoms with van der Waals surface area (Å²) >= 11 is 0. The highest BCUT2D eigenvalue weighted by Gasteiger charge is 2.31. The van der Waals surface area contributed by atoms with E-state index in [2.05, 4.69) is 4.98 Å². The van der Waals surface area contributed by atoms with Crippen molar-refractivity contribution in [2.24, 2.45) is 0 Å². The summed E-state index contributed by atoms with van der Waals surface area (Å²) in [4.78, 5) is 14.2. The number of sulfonamides is 1. The molecule has 0 bridgehead atoms. The highest BCUT2D eigenvalue weighted by molar-refractivity contribution is 7.89. The maximum atomic E-state index is 12.5. The maximum Gasteiger partial charge on any atom is 0.248 e. The van der Waals surface area contributed by atoms with Crippen molar-refractivity contribution in [1.82, 2.24) is 9.29 Å². The largest absolute Gasteiger partial charge is 0.377 e. The minimum absolute atomic E-state index is 0.0822. The van der Waals surface area contributed by atoms with Crippen molar-refractivity contribution in [2.75, 3.05) is 19.7 Å². The first-order valence-corrected chi connectivity index (χ1v) is 8.28. The van der Waals surface area contributed by atoms with Crippen molar-refractivity contribution in [3.63, 3.8) is 0 Å². The van der Waals surface area contributed by atoms with Gasteiger partial charge in [-0.25, -0.2) is 8.42 Å². The molecule has 0 aliphatic carbocycles. The van der Waals surface area contributed by atoms with Crippen LogP contribution in [0.5, 0.6) is 0 Å². The molecule has 1 N–H and O–H groups in total. The van der Waals surface area contributed by atoms with Crippen LogP contribution in [0.3, 0.4) is 0 Å². The maximum absolute atomic E-state index is 12.5. The minimum atomic E-state index is -3.74. The van der Waals surface area contributed by atoms with Gasteiger partial charge in [-0.2, -0.15) is 4.31 Å². The lowest BCUT2D eigenvalue weighted by atomic mass is 10.1. The van der Waals surface area contributed by atoms with Crippen LogP contribution in [-0.4, -0.2) is 43.5 Å². The van der Waals surface area contributed by atoms with Gasteiger partial charge >= 0.3 is 0 Å². The van der Waals surface area contributed by atoms with E-state index in [1.54, 1.807) is 0 Å². The molecule has 0 radical (unpaired) electrons. The molecule has 1 aromatic heterocycles. The zero-order chi connectivity index (χ0) is 14.6. The predicted octanol–water partition coefficient (Wildman–Crippen LogP) is 0.955. The van der Waals surface area contributed by atoms with Gasteiger partial charge in [0.2, 0.25) is 15.5 Å². The molecule has 1 atom stereocenters. The van der Waals surface area contributed by atoms with Gasteiger partial charge < -0.3 is 9.72 Å². The number of H-pyrrole nitrogens is 1. The second-order valence-corrected chi connectivity index (χ2v) is 6.78. The summed E-state index contributed by atoms with van der Waals surface area (Å²) in [6, 6.07) is 1.22. The van der Waals surface area contributed by atoms with Crippen LogP contribution >= 0.6 is 0 Å². The fourth-order valence-electron chi connectivity index (χ4n) is 2.29. The van der Waals surface area contributed by atoms with Gasteiger partial charge in [0.25, 0.3) is 0 Å².